The summed E-state index contributed by atoms with van der Waals surface area (Å²) < 4.78 is 12.1. The van der Waals surface area contributed by atoms with E-state index in [1.807, 2.05) is 30.3 Å². The summed E-state index contributed by atoms with van der Waals surface area (Å²) in [4.78, 5) is 0. The van der Waals surface area contributed by atoms with Gasteiger partial charge in [0.15, 0.2) is 0 Å². The van der Waals surface area contributed by atoms with Gasteiger partial charge in [0.25, 0.3) is 0 Å². The maximum atomic E-state index is 12.1. The lowest BCUT2D eigenvalue weighted by molar-refractivity contribution is 0.721. The molecule has 0 atom stereocenters. The molecule has 12 heavy (non-hydrogen) atoms. The van der Waals surface area contributed by atoms with Crippen molar-refractivity contribution in [3.8, 4) is 0 Å². The maximum Gasteiger partial charge on any atom is 0.0917 e. The Morgan fingerprint density at radius 1 is 1.33 bits per heavy atom. The van der Waals surface area contributed by atoms with Crippen molar-refractivity contribution in [3.63, 3.8) is 0 Å². The number of benzene rings is 1. The lowest BCUT2D eigenvalue weighted by Gasteiger charge is -2.00. The second kappa shape index (κ2) is 5.75. The maximum absolute atomic E-state index is 12.1. The summed E-state index contributed by atoms with van der Waals surface area (Å²) in [5.74, 6) is 0. The minimum atomic E-state index is 0. The summed E-state index contributed by atoms with van der Waals surface area (Å²) in [5, 5.41) is 0. The van der Waals surface area contributed by atoms with Crippen molar-refractivity contribution < 1.29 is 4.39 Å². The van der Waals surface area contributed by atoms with E-state index in [2.05, 4.69) is 0 Å². The molecule has 1 nitrogen and oxygen atoms in total. The molecule has 0 heterocycles. The van der Waals surface area contributed by atoms with Gasteiger partial charge in [-0.15, -0.1) is 12.4 Å². The Kier molecular flexibility index (Phi) is 5.34. The van der Waals surface area contributed by atoms with Gasteiger partial charge in [-0.25, -0.2) is 4.39 Å². The van der Waals surface area contributed by atoms with Crippen molar-refractivity contribution in [1.82, 2.24) is 0 Å². The quantitative estimate of drug-likeness (QED) is 0.756. The Morgan fingerprint density at radius 3 is 2.33 bits per heavy atom. The summed E-state index contributed by atoms with van der Waals surface area (Å²) in [6, 6.07) is 9.26. The summed E-state index contributed by atoms with van der Waals surface area (Å²) in [7, 11) is 0. The molecule has 1 aromatic carbocycles. The molecular weight excluding hydrogens is 177 g/mol. The molecule has 0 aromatic heterocycles. The zero-order valence-electron chi connectivity index (χ0n) is 6.53. The standard InChI is InChI=1S/C9H10FN.ClH/c10-6-9(7-11)8-4-2-1-3-5-8;/h1-6H,7,11H2;1H/b9-6+;. The highest BCUT2D eigenvalue weighted by atomic mass is 35.5. The van der Waals surface area contributed by atoms with Gasteiger partial charge in [0.1, 0.15) is 0 Å². The molecule has 66 valence electrons. The van der Waals surface area contributed by atoms with Gasteiger partial charge in [-0.2, -0.15) is 0 Å². The molecule has 3 heteroatoms. The van der Waals surface area contributed by atoms with Crippen LogP contribution in [0.15, 0.2) is 36.7 Å². The van der Waals surface area contributed by atoms with E-state index in [4.69, 9.17) is 5.73 Å². The highest BCUT2D eigenvalue weighted by Crippen LogP contribution is 2.11. The molecule has 0 unspecified atom stereocenters. The molecule has 0 aliphatic carbocycles. The fraction of sp³-hybridized carbons (Fsp3) is 0.111. The van der Waals surface area contributed by atoms with Crippen LogP contribution in [0.2, 0.25) is 0 Å². The van der Waals surface area contributed by atoms with E-state index < -0.39 is 0 Å². The van der Waals surface area contributed by atoms with Crippen LogP contribution >= 0.6 is 12.4 Å². The second-order valence-electron chi connectivity index (χ2n) is 2.20. The first-order valence-corrected chi connectivity index (χ1v) is 3.43. The monoisotopic (exact) mass is 187 g/mol. The van der Waals surface area contributed by atoms with Crippen LogP contribution in [0, 0.1) is 0 Å². The van der Waals surface area contributed by atoms with Crippen LogP contribution in [0.5, 0.6) is 0 Å². The van der Waals surface area contributed by atoms with Gasteiger partial charge < -0.3 is 5.73 Å². The lowest BCUT2D eigenvalue weighted by atomic mass is 10.1. The van der Waals surface area contributed by atoms with Crippen molar-refractivity contribution in [3.05, 3.63) is 42.2 Å². The Labute approximate surface area is 77.5 Å². The van der Waals surface area contributed by atoms with Crippen LogP contribution in [0.25, 0.3) is 5.57 Å². The number of rotatable bonds is 2. The Morgan fingerprint density at radius 2 is 1.92 bits per heavy atom. The van der Waals surface area contributed by atoms with Crippen molar-refractivity contribution >= 4 is 18.0 Å². The minimum Gasteiger partial charge on any atom is -0.326 e. The second-order valence-corrected chi connectivity index (χ2v) is 2.20. The van der Waals surface area contributed by atoms with Gasteiger partial charge in [0.05, 0.1) is 6.33 Å². The summed E-state index contributed by atoms with van der Waals surface area (Å²) >= 11 is 0. The van der Waals surface area contributed by atoms with E-state index in [1.54, 1.807) is 0 Å². The van der Waals surface area contributed by atoms with E-state index in [0.717, 1.165) is 5.56 Å². The first-order chi connectivity index (χ1) is 5.38. The van der Waals surface area contributed by atoms with Gasteiger partial charge >= 0.3 is 0 Å². The SMILES string of the molecule is Cl.NC/C(=C\F)c1ccccc1. The third-order valence-electron chi connectivity index (χ3n) is 1.50. The molecule has 0 amide bonds. The normalized spacial score (nSPS) is 10.7. The van der Waals surface area contributed by atoms with E-state index in [9.17, 15) is 4.39 Å². The van der Waals surface area contributed by atoms with Gasteiger partial charge in [-0.1, -0.05) is 30.3 Å². The Hall–Kier alpha value is -0.860. The van der Waals surface area contributed by atoms with E-state index in [1.165, 1.54) is 0 Å². The van der Waals surface area contributed by atoms with Crippen molar-refractivity contribution in [2.45, 2.75) is 0 Å². The van der Waals surface area contributed by atoms with E-state index in [0.29, 0.717) is 11.9 Å². The molecule has 0 aliphatic rings. The third-order valence-corrected chi connectivity index (χ3v) is 1.50. The number of halogens is 2. The first-order valence-electron chi connectivity index (χ1n) is 3.43. The van der Waals surface area contributed by atoms with Gasteiger partial charge in [0.2, 0.25) is 0 Å². The fourth-order valence-corrected chi connectivity index (χ4v) is 0.878. The zero-order valence-corrected chi connectivity index (χ0v) is 7.35. The summed E-state index contributed by atoms with van der Waals surface area (Å²) in [6.07, 6.45) is 0.551. The smallest absolute Gasteiger partial charge is 0.0917 e. The van der Waals surface area contributed by atoms with Gasteiger partial charge in [0, 0.05) is 12.1 Å². The molecule has 2 N–H and O–H groups in total. The van der Waals surface area contributed by atoms with Crippen molar-refractivity contribution in [2.24, 2.45) is 5.73 Å². The van der Waals surface area contributed by atoms with Crippen LogP contribution in [0.3, 0.4) is 0 Å². The van der Waals surface area contributed by atoms with Crippen molar-refractivity contribution in [2.75, 3.05) is 6.54 Å². The molecule has 0 spiro atoms. The predicted molar refractivity (Wildman–Crippen MR) is 51.8 cm³/mol. The molecule has 1 rings (SSSR count). The van der Waals surface area contributed by atoms with Crippen LogP contribution < -0.4 is 5.73 Å². The van der Waals surface area contributed by atoms with Crippen LogP contribution in [-0.4, -0.2) is 6.54 Å². The highest BCUT2D eigenvalue weighted by molar-refractivity contribution is 5.85. The first kappa shape index (κ1) is 11.1. The molecular formula is C9H11ClFN. The van der Waals surface area contributed by atoms with E-state index in [-0.39, 0.29) is 19.0 Å². The average molecular weight is 188 g/mol. The molecule has 0 saturated heterocycles. The number of hydrogen-bond donors (Lipinski definition) is 1. The zero-order chi connectivity index (χ0) is 8.10. The van der Waals surface area contributed by atoms with Crippen LogP contribution in [0.1, 0.15) is 5.56 Å². The lowest BCUT2D eigenvalue weighted by Crippen LogP contribution is -2.01. The van der Waals surface area contributed by atoms with Gasteiger partial charge in [-0.05, 0) is 5.56 Å². The molecule has 1 aromatic rings. The Bertz CT molecular complexity index is 246. The topological polar surface area (TPSA) is 26.0 Å². The number of hydrogen-bond acceptors (Lipinski definition) is 1. The largest absolute Gasteiger partial charge is 0.326 e. The van der Waals surface area contributed by atoms with Crippen LogP contribution in [-0.2, 0) is 0 Å². The van der Waals surface area contributed by atoms with Crippen molar-refractivity contribution in [1.29, 1.82) is 0 Å². The molecule has 0 bridgehead atoms. The average Bonchev–Trinajstić information content (AvgIpc) is 2.09. The number of nitrogens with two attached hydrogens (primary N) is 1. The summed E-state index contributed by atoms with van der Waals surface area (Å²) in [5.41, 5.74) is 6.68. The minimum absolute atomic E-state index is 0. The molecule has 0 fully saturated rings. The highest BCUT2D eigenvalue weighted by Gasteiger charge is 1.96. The Balaban J connectivity index is 0.00000121. The molecule has 0 saturated carbocycles. The van der Waals surface area contributed by atoms with Crippen LogP contribution in [0.4, 0.5) is 4.39 Å². The predicted octanol–water partition coefficient (Wildman–Crippen LogP) is 2.38. The third kappa shape index (κ3) is 2.64. The fourth-order valence-electron chi connectivity index (χ4n) is 0.878. The molecule has 0 aliphatic heterocycles. The van der Waals surface area contributed by atoms with E-state index >= 15 is 0 Å². The molecule has 0 radical (unpaired) electrons. The van der Waals surface area contributed by atoms with Gasteiger partial charge in [-0.3, -0.25) is 0 Å². The summed E-state index contributed by atoms with van der Waals surface area (Å²) in [6.45, 7) is 0.237.